The van der Waals surface area contributed by atoms with E-state index in [2.05, 4.69) is 0 Å². The average molecular weight is 431 g/mol. The molecule has 124 valence electrons. The zero-order chi connectivity index (χ0) is 4.50. The van der Waals surface area contributed by atoms with Gasteiger partial charge in [0.15, 0.2) is 0 Å². The number of hydrogen-bond acceptors (Lipinski definition) is 6. The molecule has 0 spiro atoms. The Morgan fingerprint density at radius 1 is 0.476 bits per heavy atom. The second kappa shape index (κ2) is 136. The van der Waals surface area contributed by atoms with Crippen molar-refractivity contribution in [2.75, 3.05) is 0 Å². The number of rotatable bonds is 0. The topological polar surface area (TPSA) is 392 Å². The van der Waals surface area contributed by atoms with E-state index >= 15 is 0 Å². The predicted octanol–water partition coefficient (Wildman–Crippen LogP) is -10.6. The van der Waals surface area contributed by atoms with Crippen LogP contribution in [0.1, 0.15) is 0 Å². The van der Waals surface area contributed by atoms with Crippen molar-refractivity contribution in [3.05, 3.63) is 0 Å². The van der Waals surface area contributed by atoms with Crippen molar-refractivity contribution in [2.24, 2.45) is 0 Å². The maximum absolute atomic E-state index is 8.52. The van der Waals surface area contributed by atoms with Crippen LogP contribution >= 0.6 is 0 Å². The van der Waals surface area contributed by atoms with Crippen molar-refractivity contribution in [3.8, 4) is 0 Å². The van der Waals surface area contributed by atoms with Crippen LogP contribution in [0.25, 0.3) is 0 Å². The van der Waals surface area contributed by atoms with E-state index in [1.54, 1.807) is 0 Å². The molecule has 0 unspecified atom stereocenters. The summed E-state index contributed by atoms with van der Waals surface area (Å²) < 4.78 is 34.1. The summed E-state index contributed by atoms with van der Waals surface area (Å²) >= 11 is 0. The summed E-state index contributed by atoms with van der Waals surface area (Å²) in [6, 6.07) is 0. The molecule has 21 heteroatoms. The van der Waals surface area contributed by atoms with Crippen LogP contribution in [0, 0.1) is 0 Å². The predicted molar refractivity (Wildman–Crippen MR) is 77.8 cm³/mol. The van der Waals surface area contributed by atoms with Gasteiger partial charge in [-0.15, -0.1) is 0 Å². The SMILES string of the molecule is O.O.O.O.O.O.O.O.O=S(=O)([O-])[O-].[Al].[Al].[Al].[Al].[Mg+2].[Mg+2].[OH-].[OH-]. The molecule has 0 aliphatic rings. The van der Waals surface area contributed by atoms with Crippen molar-refractivity contribution in [1.82, 2.24) is 0 Å². The van der Waals surface area contributed by atoms with Crippen LogP contribution < -0.4 is 0 Å². The van der Waals surface area contributed by atoms with Gasteiger partial charge in [-0.1, -0.05) is 0 Å². The molecule has 0 atom stereocenters. The first-order chi connectivity index (χ1) is 2.00. The van der Waals surface area contributed by atoms with Gasteiger partial charge >= 0.3 is 46.1 Å². The van der Waals surface area contributed by atoms with E-state index in [0.29, 0.717) is 0 Å². The molecule has 12 radical (unpaired) electrons. The van der Waals surface area contributed by atoms with E-state index in [4.69, 9.17) is 17.5 Å². The molecule has 0 heterocycles. The van der Waals surface area contributed by atoms with E-state index in [0.717, 1.165) is 0 Å². The first-order valence-corrected chi connectivity index (χ1v) is 2.00. The van der Waals surface area contributed by atoms with Gasteiger partial charge in [-0.05, 0) is 0 Å². The normalized spacial score (nSPS) is 2.76. The molecule has 21 heavy (non-hydrogen) atoms. The molecule has 0 aromatic rings. The van der Waals surface area contributed by atoms with Crippen LogP contribution in [0.4, 0.5) is 0 Å². The monoisotopic (exact) mass is 430 g/mol. The van der Waals surface area contributed by atoms with E-state index in [1.807, 2.05) is 0 Å². The Morgan fingerprint density at radius 3 is 0.476 bits per heavy atom. The minimum Gasteiger partial charge on any atom is -0.870 e. The molecular weight excluding hydrogens is 413 g/mol. The zero-order valence-corrected chi connectivity index (χ0v) is 18.9. The Balaban J connectivity index is -0.000000000667. The van der Waals surface area contributed by atoms with Crippen molar-refractivity contribution >= 4 is 126 Å². The molecule has 0 aliphatic heterocycles. The van der Waals surface area contributed by atoms with Gasteiger partial charge < -0.3 is 63.9 Å². The van der Waals surface area contributed by atoms with E-state index in [1.165, 1.54) is 0 Å². The fourth-order valence-corrected chi connectivity index (χ4v) is 0. The summed E-state index contributed by atoms with van der Waals surface area (Å²) in [4.78, 5) is 0. The fourth-order valence-electron chi connectivity index (χ4n) is 0. The van der Waals surface area contributed by atoms with E-state index in [-0.39, 0.29) is 170 Å². The Kier molecular flexibility index (Phi) is 1640. The molecule has 14 nitrogen and oxygen atoms in total. The van der Waals surface area contributed by atoms with Crippen LogP contribution in [0.5, 0.6) is 0 Å². The molecular formula is H18Al4Mg2O14S. The minimum atomic E-state index is -5.17. The van der Waals surface area contributed by atoms with Crippen molar-refractivity contribution < 1.29 is 72.3 Å². The smallest absolute Gasteiger partial charge is 0.870 e. The molecule has 0 amide bonds. The summed E-state index contributed by atoms with van der Waals surface area (Å²) in [6.07, 6.45) is 0. The van der Waals surface area contributed by atoms with Crippen LogP contribution in [0.2, 0.25) is 0 Å². The largest absolute Gasteiger partial charge is 2.00 e. The molecule has 0 aromatic carbocycles. The van der Waals surface area contributed by atoms with Crippen LogP contribution in [-0.2, 0) is 10.4 Å². The summed E-state index contributed by atoms with van der Waals surface area (Å²) in [5, 5.41) is 0. The molecule has 18 N–H and O–H groups in total. The van der Waals surface area contributed by atoms with Gasteiger partial charge in [0.2, 0.25) is 0 Å². The van der Waals surface area contributed by atoms with Gasteiger partial charge in [-0.2, -0.15) is 0 Å². The van der Waals surface area contributed by atoms with E-state index < -0.39 is 10.4 Å². The fraction of sp³-hybridized carbons (Fsp3) is 0. The van der Waals surface area contributed by atoms with Crippen LogP contribution in [0.3, 0.4) is 0 Å². The van der Waals surface area contributed by atoms with Crippen LogP contribution in [0.15, 0.2) is 0 Å². The summed E-state index contributed by atoms with van der Waals surface area (Å²) in [7, 11) is -5.17. The van der Waals surface area contributed by atoms with Crippen molar-refractivity contribution in [1.29, 1.82) is 0 Å². The Bertz CT molecular complexity index is 112. The van der Waals surface area contributed by atoms with Crippen molar-refractivity contribution in [3.63, 3.8) is 0 Å². The molecule has 0 aromatic heterocycles. The van der Waals surface area contributed by atoms with E-state index in [9.17, 15) is 0 Å². The molecule has 0 bridgehead atoms. The van der Waals surface area contributed by atoms with Gasteiger partial charge in [-0.3, -0.25) is 8.42 Å². The van der Waals surface area contributed by atoms with Gasteiger partial charge in [0, 0.05) is 79.8 Å². The minimum absolute atomic E-state index is 0. The third kappa shape index (κ3) is 1050. The Morgan fingerprint density at radius 2 is 0.476 bits per heavy atom. The third-order valence-electron chi connectivity index (χ3n) is 0. The summed E-state index contributed by atoms with van der Waals surface area (Å²) in [5.74, 6) is 0. The summed E-state index contributed by atoms with van der Waals surface area (Å²) in [5.41, 5.74) is 0. The summed E-state index contributed by atoms with van der Waals surface area (Å²) in [6.45, 7) is 0. The molecule has 0 fully saturated rings. The third-order valence-corrected chi connectivity index (χ3v) is 0. The molecule has 0 saturated heterocycles. The maximum Gasteiger partial charge on any atom is 2.00 e. The van der Waals surface area contributed by atoms with Crippen molar-refractivity contribution in [2.45, 2.75) is 0 Å². The van der Waals surface area contributed by atoms with Crippen LogP contribution in [-0.4, -0.2) is 188 Å². The maximum atomic E-state index is 8.52. The standard InChI is InChI=1S/4Al.2Mg.H2O4S.10H2O/c;;;;;;1-5(2,3)4;;;;;;;;;;/h;;;;;;(H2,1,2,3,4);10*1H2/q;;;;2*+2;;;;;;;;;;;/p-4. The average Bonchev–Trinajstić information content (AvgIpc) is 0.722. The van der Waals surface area contributed by atoms with Gasteiger partial charge in [0.1, 0.15) is 0 Å². The van der Waals surface area contributed by atoms with Gasteiger partial charge in [0.05, 0.1) is 0 Å². The first kappa shape index (κ1) is 254. The molecule has 0 aliphatic carbocycles. The molecule has 0 rings (SSSR count). The van der Waals surface area contributed by atoms with Gasteiger partial charge in [-0.25, -0.2) is 0 Å². The number of hydrogen-bond donors (Lipinski definition) is 0. The quantitative estimate of drug-likeness (QED) is 0.203. The second-order valence-electron chi connectivity index (χ2n) is 0.408. The molecule has 0 saturated carbocycles. The Labute approximate surface area is 196 Å². The Hall–Kier alpha value is 3.13. The first-order valence-electron chi connectivity index (χ1n) is 0.667. The second-order valence-corrected chi connectivity index (χ2v) is 1.22. The zero-order valence-electron chi connectivity index (χ0n) is 10.7. The van der Waals surface area contributed by atoms with Gasteiger partial charge in [0.25, 0.3) is 0 Å².